The fourth-order valence-electron chi connectivity index (χ4n) is 2.51. The number of hydrogen-bond donors (Lipinski definition) is 1. The van der Waals surface area contributed by atoms with Crippen molar-refractivity contribution in [3.63, 3.8) is 0 Å². The number of rotatable bonds is 4. The van der Waals surface area contributed by atoms with Crippen molar-refractivity contribution < 1.29 is 4.79 Å². The second-order valence-electron chi connectivity index (χ2n) is 5.61. The maximum atomic E-state index is 12.3. The van der Waals surface area contributed by atoms with Gasteiger partial charge in [-0.3, -0.25) is 14.8 Å². The zero-order valence-corrected chi connectivity index (χ0v) is 15.0. The number of carbonyl (C=O) groups is 1. The minimum Gasteiger partial charge on any atom is -0.379 e. The molecule has 120 valence electrons. The topological polar surface area (TPSA) is 68.3 Å². The van der Waals surface area contributed by atoms with Crippen LogP contribution >= 0.6 is 34.7 Å². The smallest absolute Gasteiger partial charge is 0.177 e. The van der Waals surface area contributed by atoms with Crippen molar-refractivity contribution in [1.29, 1.82) is 0 Å². The van der Waals surface area contributed by atoms with Crippen LogP contribution in [0.25, 0.3) is 0 Å². The van der Waals surface area contributed by atoms with Gasteiger partial charge in [0.2, 0.25) is 0 Å². The van der Waals surface area contributed by atoms with Gasteiger partial charge in [-0.2, -0.15) is 0 Å². The zero-order valence-electron chi connectivity index (χ0n) is 12.6. The third kappa shape index (κ3) is 3.76. The maximum Gasteiger partial charge on any atom is 0.177 e. The molecule has 0 amide bonds. The van der Waals surface area contributed by atoms with Gasteiger partial charge in [0.15, 0.2) is 11.0 Å². The lowest BCUT2D eigenvalue weighted by atomic mass is 9.90. The predicted octanol–water partition coefficient (Wildman–Crippen LogP) is 3.89. The molecule has 7 heteroatoms. The molecule has 0 bridgehead atoms. The second-order valence-corrected chi connectivity index (χ2v) is 8.44. The Kier molecular flexibility index (Phi) is 4.75. The molecular weight excluding hydrogens is 350 g/mol. The minimum absolute atomic E-state index is 0.0493. The van der Waals surface area contributed by atoms with Crippen LogP contribution in [0.2, 0.25) is 4.34 Å². The molecule has 0 saturated heterocycles. The van der Waals surface area contributed by atoms with Crippen molar-refractivity contribution in [3.8, 4) is 0 Å². The Hall–Kier alpha value is -1.37. The van der Waals surface area contributed by atoms with E-state index in [4.69, 9.17) is 17.3 Å². The molecule has 1 aliphatic rings. The highest BCUT2D eigenvalue weighted by Crippen LogP contribution is 2.35. The van der Waals surface area contributed by atoms with Gasteiger partial charge in [-0.15, -0.1) is 11.3 Å². The van der Waals surface area contributed by atoms with Gasteiger partial charge < -0.3 is 5.73 Å². The van der Waals surface area contributed by atoms with Gasteiger partial charge in [0.05, 0.1) is 14.8 Å². The lowest BCUT2D eigenvalue weighted by molar-refractivity contribution is 0.0996. The van der Waals surface area contributed by atoms with Crippen LogP contribution in [-0.2, 0) is 12.0 Å². The van der Waals surface area contributed by atoms with Gasteiger partial charge in [0, 0.05) is 24.6 Å². The van der Waals surface area contributed by atoms with Crippen LogP contribution in [0.1, 0.15) is 34.1 Å². The maximum absolute atomic E-state index is 12.3. The van der Waals surface area contributed by atoms with Crippen LogP contribution in [-0.4, -0.2) is 21.7 Å². The van der Waals surface area contributed by atoms with Crippen molar-refractivity contribution in [2.45, 2.75) is 25.3 Å². The van der Waals surface area contributed by atoms with Crippen LogP contribution in [0.15, 0.2) is 35.6 Å². The third-order valence-corrected chi connectivity index (χ3v) is 5.89. The van der Waals surface area contributed by atoms with Crippen molar-refractivity contribution >= 4 is 45.7 Å². The molecule has 2 N–H and O–H groups in total. The fraction of sp³-hybridized carbons (Fsp3) is 0.312. The van der Waals surface area contributed by atoms with E-state index >= 15 is 0 Å². The van der Waals surface area contributed by atoms with Crippen LogP contribution < -0.4 is 5.73 Å². The molecule has 1 aliphatic heterocycles. The first-order valence-electron chi connectivity index (χ1n) is 7.17. The Morgan fingerprint density at radius 3 is 2.96 bits per heavy atom. The molecule has 4 nitrogen and oxygen atoms in total. The van der Waals surface area contributed by atoms with Crippen LogP contribution in [0.5, 0.6) is 0 Å². The largest absolute Gasteiger partial charge is 0.379 e. The van der Waals surface area contributed by atoms with Gasteiger partial charge in [0.25, 0.3) is 0 Å². The molecular formula is C16H16ClN3OS2. The summed E-state index contributed by atoms with van der Waals surface area (Å²) in [5, 5.41) is 0.605. The molecule has 23 heavy (non-hydrogen) atoms. The van der Waals surface area contributed by atoms with E-state index in [-0.39, 0.29) is 11.3 Å². The molecule has 2 aromatic heterocycles. The van der Waals surface area contributed by atoms with Crippen molar-refractivity contribution in [1.82, 2.24) is 4.98 Å². The summed E-state index contributed by atoms with van der Waals surface area (Å²) >= 11 is 8.76. The van der Waals surface area contributed by atoms with E-state index in [1.165, 1.54) is 11.3 Å². The highest BCUT2D eigenvalue weighted by molar-refractivity contribution is 8.13. The number of thiophene rings is 1. The molecule has 0 radical (unpaired) electrons. The number of ketones is 1. The first-order valence-corrected chi connectivity index (χ1v) is 9.35. The number of carbonyl (C=O) groups excluding carboxylic acids is 1. The van der Waals surface area contributed by atoms with Crippen LogP contribution in [0.4, 0.5) is 0 Å². The first-order chi connectivity index (χ1) is 11.0. The number of amidine groups is 1. The van der Waals surface area contributed by atoms with Gasteiger partial charge in [0.1, 0.15) is 0 Å². The quantitative estimate of drug-likeness (QED) is 0.834. The van der Waals surface area contributed by atoms with Crippen LogP contribution in [0.3, 0.4) is 0 Å². The fourth-order valence-corrected chi connectivity index (χ4v) is 4.47. The van der Waals surface area contributed by atoms with Crippen LogP contribution in [0, 0.1) is 0 Å². The number of hydrogen-bond acceptors (Lipinski definition) is 6. The summed E-state index contributed by atoms with van der Waals surface area (Å²) in [5.74, 6) is 0.982. The molecule has 0 aliphatic carbocycles. The summed E-state index contributed by atoms with van der Waals surface area (Å²) in [4.78, 5) is 21.9. The normalized spacial score (nSPS) is 21.0. The molecule has 0 aromatic carbocycles. The van der Waals surface area contributed by atoms with E-state index in [1.807, 2.05) is 12.3 Å². The van der Waals surface area contributed by atoms with E-state index in [0.717, 1.165) is 23.3 Å². The monoisotopic (exact) mass is 365 g/mol. The average molecular weight is 366 g/mol. The summed E-state index contributed by atoms with van der Waals surface area (Å²) in [6.45, 7) is 2.06. The highest BCUT2D eigenvalue weighted by Gasteiger charge is 2.30. The SMILES string of the molecule is C[C@@]1(c2cncc(CC(=O)c3ccc(Cl)s3)c2)CCSC(N)=N1. The first kappa shape index (κ1) is 16.5. The van der Waals surface area contributed by atoms with E-state index in [9.17, 15) is 4.79 Å². The minimum atomic E-state index is -0.367. The molecule has 3 rings (SSSR count). The Bertz CT molecular complexity index is 774. The van der Waals surface area contributed by atoms with Gasteiger partial charge in [-0.05, 0) is 42.7 Å². The number of nitrogens with two attached hydrogens (primary N) is 1. The Labute approximate surface area is 148 Å². The van der Waals surface area contributed by atoms with E-state index in [2.05, 4.69) is 16.9 Å². The molecule has 1 atom stereocenters. The van der Waals surface area contributed by atoms with Gasteiger partial charge >= 0.3 is 0 Å². The summed E-state index contributed by atoms with van der Waals surface area (Å²) in [7, 11) is 0. The second kappa shape index (κ2) is 6.63. The number of thioether (sulfide) groups is 1. The summed E-state index contributed by atoms with van der Waals surface area (Å²) in [5.41, 5.74) is 7.38. The molecule has 2 aromatic rings. The van der Waals surface area contributed by atoms with E-state index in [0.29, 0.717) is 20.8 Å². The van der Waals surface area contributed by atoms with E-state index in [1.54, 1.807) is 30.1 Å². The number of aromatic nitrogens is 1. The number of nitrogens with zero attached hydrogens (tertiary/aromatic N) is 2. The number of halogens is 1. The van der Waals surface area contributed by atoms with Gasteiger partial charge in [-0.25, -0.2) is 0 Å². The number of Topliss-reactive ketones (excluding diaryl/α,β-unsaturated/α-hetero) is 1. The average Bonchev–Trinajstić information content (AvgIpc) is 2.94. The Morgan fingerprint density at radius 2 is 2.26 bits per heavy atom. The number of aliphatic imine (C=N–C) groups is 1. The molecule has 0 spiro atoms. The highest BCUT2D eigenvalue weighted by atomic mass is 35.5. The standard InChI is InChI=1S/C16H16ClN3OS2/c1-16(4-5-22-15(18)20-16)11-6-10(8-19-9-11)7-12(21)13-2-3-14(17)23-13/h2-3,6,8-9H,4-5,7H2,1H3,(H2,18,20)/t16-/m0/s1. The molecule has 0 fully saturated rings. The molecule has 0 unspecified atom stereocenters. The lowest BCUT2D eigenvalue weighted by Gasteiger charge is -2.29. The number of pyridine rings is 1. The zero-order chi connectivity index (χ0) is 16.4. The van der Waals surface area contributed by atoms with Crippen molar-refractivity contribution in [2.75, 3.05) is 5.75 Å². The lowest BCUT2D eigenvalue weighted by Crippen LogP contribution is -2.29. The summed E-state index contributed by atoms with van der Waals surface area (Å²) in [6, 6.07) is 5.51. The third-order valence-electron chi connectivity index (χ3n) is 3.83. The molecule has 3 heterocycles. The van der Waals surface area contributed by atoms with Gasteiger partial charge in [-0.1, -0.05) is 23.4 Å². The Balaban J connectivity index is 1.83. The summed E-state index contributed by atoms with van der Waals surface area (Å²) < 4.78 is 0.622. The van der Waals surface area contributed by atoms with Crippen molar-refractivity contribution in [2.24, 2.45) is 10.7 Å². The van der Waals surface area contributed by atoms with Crippen molar-refractivity contribution in [3.05, 3.63) is 50.9 Å². The van der Waals surface area contributed by atoms with E-state index < -0.39 is 0 Å². The predicted molar refractivity (Wildman–Crippen MR) is 97.6 cm³/mol. The Morgan fingerprint density at radius 1 is 1.43 bits per heavy atom. The molecule has 0 saturated carbocycles. The summed E-state index contributed by atoms with van der Waals surface area (Å²) in [6.07, 6.45) is 4.74.